The molecule has 0 saturated heterocycles. The van der Waals surface area contributed by atoms with Crippen molar-refractivity contribution in [3.8, 4) is 5.75 Å². The number of aryl methyl sites for hydroxylation is 1. The minimum atomic E-state index is -3.69. The molecule has 0 amide bonds. The number of nitrogens with two attached hydrogens (primary N) is 1. The molecule has 3 N–H and O–H groups in total. The topological polar surface area (TPSA) is 92.9 Å². The second kappa shape index (κ2) is 6.92. The molecule has 114 valence electrons. The van der Waals surface area contributed by atoms with Crippen LogP contribution in [0.3, 0.4) is 0 Å². The maximum atomic E-state index is 12.6. The smallest absolute Gasteiger partial charge is 0.246 e. The Morgan fingerprint density at radius 3 is 2.55 bits per heavy atom. The van der Waals surface area contributed by atoms with Crippen LogP contribution in [0.5, 0.6) is 5.75 Å². The van der Waals surface area contributed by atoms with Crippen molar-refractivity contribution < 1.29 is 18.3 Å². The predicted molar refractivity (Wildman–Crippen MR) is 78.3 cm³/mol. The zero-order valence-electron chi connectivity index (χ0n) is 12.1. The Morgan fingerprint density at radius 2 is 2.05 bits per heavy atom. The van der Waals surface area contributed by atoms with Gasteiger partial charge in [0, 0.05) is 25.4 Å². The van der Waals surface area contributed by atoms with Crippen LogP contribution in [-0.2, 0) is 10.0 Å². The van der Waals surface area contributed by atoms with Gasteiger partial charge >= 0.3 is 0 Å². The first-order valence-electron chi connectivity index (χ1n) is 6.43. The Hall–Kier alpha value is -1.31. The van der Waals surface area contributed by atoms with Crippen LogP contribution in [0.25, 0.3) is 0 Å². The van der Waals surface area contributed by atoms with E-state index in [4.69, 9.17) is 15.6 Å². The van der Waals surface area contributed by atoms with Crippen molar-refractivity contribution in [2.75, 3.05) is 32.5 Å². The molecule has 1 aromatic rings. The van der Waals surface area contributed by atoms with Gasteiger partial charge in [-0.25, -0.2) is 8.42 Å². The highest BCUT2D eigenvalue weighted by Crippen LogP contribution is 2.31. The van der Waals surface area contributed by atoms with Gasteiger partial charge in [-0.1, -0.05) is 6.92 Å². The second-order valence-corrected chi connectivity index (χ2v) is 6.34. The standard InChI is InChI=1S/C13H22N2O4S/c1-4-15(6-5-7-16)20(17,18)13-9-11(14)10(2)8-12(13)19-3/h8-9,16H,4-7,14H2,1-3H3. The van der Waals surface area contributed by atoms with E-state index in [9.17, 15) is 8.42 Å². The number of benzene rings is 1. The first-order valence-corrected chi connectivity index (χ1v) is 7.87. The summed E-state index contributed by atoms with van der Waals surface area (Å²) in [5, 5.41) is 8.86. The molecule has 0 spiro atoms. The van der Waals surface area contributed by atoms with Crippen LogP contribution < -0.4 is 10.5 Å². The van der Waals surface area contributed by atoms with Crippen molar-refractivity contribution in [3.05, 3.63) is 17.7 Å². The molecule has 0 aliphatic carbocycles. The summed E-state index contributed by atoms with van der Waals surface area (Å²) in [4.78, 5) is 0.0582. The van der Waals surface area contributed by atoms with Gasteiger partial charge in [-0.05, 0) is 31.0 Å². The largest absolute Gasteiger partial charge is 0.495 e. The van der Waals surface area contributed by atoms with Crippen LogP contribution in [0.2, 0.25) is 0 Å². The lowest BCUT2D eigenvalue weighted by Crippen LogP contribution is -2.32. The molecule has 0 fully saturated rings. The number of aliphatic hydroxyl groups is 1. The summed E-state index contributed by atoms with van der Waals surface area (Å²) in [5.41, 5.74) is 6.97. The molecule has 0 aromatic heterocycles. The second-order valence-electron chi connectivity index (χ2n) is 4.43. The van der Waals surface area contributed by atoms with Crippen LogP contribution >= 0.6 is 0 Å². The number of nitrogen functional groups attached to an aromatic ring is 1. The number of anilines is 1. The number of hydrogen-bond acceptors (Lipinski definition) is 5. The Balaban J connectivity index is 3.29. The third kappa shape index (κ3) is 3.41. The van der Waals surface area contributed by atoms with Gasteiger partial charge in [0.25, 0.3) is 0 Å². The summed E-state index contributed by atoms with van der Waals surface area (Å²) >= 11 is 0. The summed E-state index contributed by atoms with van der Waals surface area (Å²) in [6, 6.07) is 3.03. The Kier molecular flexibility index (Phi) is 5.79. The average Bonchev–Trinajstić information content (AvgIpc) is 2.41. The summed E-state index contributed by atoms with van der Waals surface area (Å²) in [7, 11) is -2.26. The van der Waals surface area contributed by atoms with E-state index in [1.54, 1.807) is 19.9 Å². The third-order valence-corrected chi connectivity index (χ3v) is 5.08. The maximum Gasteiger partial charge on any atom is 0.246 e. The number of aliphatic hydroxyl groups excluding tert-OH is 1. The molecule has 1 rings (SSSR count). The van der Waals surface area contributed by atoms with E-state index in [1.165, 1.54) is 17.5 Å². The number of sulfonamides is 1. The van der Waals surface area contributed by atoms with Crippen LogP contribution in [0, 0.1) is 6.92 Å². The van der Waals surface area contributed by atoms with E-state index in [1.807, 2.05) is 0 Å². The molecule has 0 heterocycles. The maximum absolute atomic E-state index is 12.6. The van der Waals surface area contributed by atoms with Crippen molar-refractivity contribution >= 4 is 15.7 Å². The van der Waals surface area contributed by atoms with Crippen LogP contribution in [-0.4, -0.2) is 44.6 Å². The highest BCUT2D eigenvalue weighted by molar-refractivity contribution is 7.89. The van der Waals surface area contributed by atoms with Gasteiger partial charge in [-0.15, -0.1) is 0 Å². The number of hydrogen-bond donors (Lipinski definition) is 2. The predicted octanol–water partition coefficient (Wildman–Crippen LogP) is 0.979. The number of nitrogens with zero attached hydrogens (tertiary/aromatic N) is 1. The monoisotopic (exact) mass is 302 g/mol. The minimum Gasteiger partial charge on any atom is -0.495 e. The van der Waals surface area contributed by atoms with Crippen molar-refractivity contribution in [1.82, 2.24) is 4.31 Å². The van der Waals surface area contributed by atoms with E-state index < -0.39 is 10.0 Å². The summed E-state index contributed by atoms with van der Waals surface area (Å²) in [6.07, 6.45) is 0.386. The van der Waals surface area contributed by atoms with Gasteiger partial charge in [0.1, 0.15) is 10.6 Å². The highest BCUT2D eigenvalue weighted by atomic mass is 32.2. The molecule has 7 heteroatoms. The average molecular weight is 302 g/mol. The van der Waals surface area contributed by atoms with Crippen molar-refractivity contribution in [3.63, 3.8) is 0 Å². The summed E-state index contributed by atoms with van der Waals surface area (Å²) in [6.45, 7) is 4.06. The zero-order chi connectivity index (χ0) is 15.3. The van der Waals surface area contributed by atoms with E-state index in [0.29, 0.717) is 18.7 Å². The van der Waals surface area contributed by atoms with Crippen molar-refractivity contribution in [2.45, 2.75) is 25.2 Å². The fourth-order valence-electron chi connectivity index (χ4n) is 1.87. The Bertz CT molecular complexity index is 558. The van der Waals surface area contributed by atoms with Crippen LogP contribution in [0.4, 0.5) is 5.69 Å². The number of ether oxygens (including phenoxy) is 1. The molecule has 0 saturated carbocycles. The van der Waals surface area contributed by atoms with E-state index in [-0.39, 0.29) is 23.8 Å². The fraction of sp³-hybridized carbons (Fsp3) is 0.538. The lowest BCUT2D eigenvalue weighted by Gasteiger charge is -2.22. The molecule has 0 radical (unpaired) electrons. The first kappa shape index (κ1) is 16.7. The minimum absolute atomic E-state index is 0.0564. The third-order valence-electron chi connectivity index (χ3n) is 3.09. The molecule has 0 unspecified atom stereocenters. The fourth-order valence-corrected chi connectivity index (χ4v) is 3.53. The molecule has 20 heavy (non-hydrogen) atoms. The van der Waals surface area contributed by atoms with E-state index in [2.05, 4.69) is 0 Å². The molecule has 0 aliphatic heterocycles. The SMILES string of the molecule is CCN(CCCO)S(=O)(=O)c1cc(N)c(C)cc1OC. The highest BCUT2D eigenvalue weighted by Gasteiger charge is 2.27. The molecule has 0 bridgehead atoms. The molecule has 0 atom stereocenters. The molecule has 1 aromatic carbocycles. The lowest BCUT2D eigenvalue weighted by atomic mass is 10.2. The van der Waals surface area contributed by atoms with Gasteiger partial charge in [-0.3, -0.25) is 0 Å². The van der Waals surface area contributed by atoms with Crippen LogP contribution in [0.1, 0.15) is 18.9 Å². The number of rotatable bonds is 7. The Labute approximate surface area is 120 Å². The lowest BCUT2D eigenvalue weighted by molar-refractivity contribution is 0.271. The first-order chi connectivity index (χ1) is 9.38. The van der Waals surface area contributed by atoms with Crippen molar-refractivity contribution in [2.24, 2.45) is 0 Å². The van der Waals surface area contributed by atoms with Gasteiger partial charge in [-0.2, -0.15) is 4.31 Å². The summed E-state index contributed by atoms with van der Waals surface area (Å²) in [5.74, 6) is 0.277. The van der Waals surface area contributed by atoms with Gasteiger partial charge in [0.05, 0.1) is 7.11 Å². The van der Waals surface area contributed by atoms with Gasteiger partial charge in [0.15, 0.2) is 0 Å². The van der Waals surface area contributed by atoms with E-state index in [0.717, 1.165) is 5.56 Å². The number of methoxy groups -OCH3 is 1. The summed E-state index contributed by atoms with van der Waals surface area (Å²) < 4.78 is 31.7. The van der Waals surface area contributed by atoms with Gasteiger partial charge < -0.3 is 15.6 Å². The molecule has 6 nitrogen and oxygen atoms in total. The normalized spacial score (nSPS) is 11.8. The van der Waals surface area contributed by atoms with Gasteiger partial charge in [0.2, 0.25) is 10.0 Å². The molecule has 0 aliphatic rings. The Morgan fingerprint density at radius 1 is 1.40 bits per heavy atom. The van der Waals surface area contributed by atoms with Crippen LogP contribution in [0.15, 0.2) is 17.0 Å². The van der Waals surface area contributed by atoms with E-state index >= 15 is 0 Å². The van der Waals surface area contributed by atoms with Crippen molar-refractivity contribution in [1.29, 1.82) is 0 Å². The molecular formula is C13H22N2O4S. The zero-order valence-corrected chi connectivity index (χ0v) is 12.9. The quantitative estimate of drug-likeness (QED) is 0.732. The molecular weight excluding hydrogens is 280 g/mol.